The summed E-state index contributed by atoms with van der Waals surface area (Å²) in [6.45, 7) is 8.04. The number of esters is 1. The van der Waals surface area contributed by atoms with Gasteiger partial charge in [0.15, 0.2) is 5.76 Å². The van der Waals surface area contributed by atoms with E-state index in [1.165, 1.54) is 18.2 Å². The summed E-state index contributed by atoms with van der Waals surface area (Å²) in [6.07, 6.45) is 1.37. The van der Waals surface area contributed by atoms with Crippen molar-refractivity contribution in [3.63, 3.8) is 0 Å². The van der Waals surface area contributed by atoms with Crippen molar-refractivity contribution in [1.29, 1.82) is 0 Å². The summed E-state index contributed by atoms with van der Waals surface area (Å²) in [4.78, 5) is 25.4. The molecule has 3 aromatic rings. The van der Waals surface area contributed by atoms with Crippen LogP contribution in [0.5, 0.6) is 11.5 Å². The van der Waals surface area contributed by atoms with Crippen LogP contribution in [-0.2, 0) is 5.41 Å². The Labute approximate surface area is 186 Å². The van der Waals surface area contributed by atoms with E-state index >= 15 is 0 Å². The lowest BCUT2D eigenvalue weighted by molar-refractivity contribution is 0.0734. The lowest BCUT2D eigenvalue weighted by Gasteiger charge is -2.18. The molecule has 0 fully saturated rings. The molecule has 5 heteroatoms. The molecule has 1 aliphatic heterocycles. The number of benzene rings is 3. The van der Waals surface area contributed by atoms with Gasteiger partial charge in [0.1, 0.15) is 17.3 Å². The minimum Gasteiger partial charge on any atom is -0.452 e. The van der Waals surface area contributed by atoms with E-state index in [1.807, 2.05) is 12.1 Å². The number of rotatable bonds is 3. The standard InChI is InChI=1S/C27H23FO4/c1-16-13-20(31-26(30)17-9-11-19(12-10-17)27(2,3)4)15-22-24(16)25(29)23(32-22)14-18-7-5-6-8-21(18)28/h5-15H,1-4H3/b23-14-. The molecule has 1 aliphatic rings. The maximum atomic E-state index is 14.0. The lowest BCUT2D eigenvalue weighted by atomic mass is 9.87. The molecule has 162 valence electrons. The average molecular weight is 430 g/mol. The Bertz CT molecular complexity index is 1250. The van der Waals surface area contributed by atoms with Crippen molar-refractivity contribution in [3.05, 3.63) is 100 Å². The second-order valence-electron chi connectivity index (χ2n) is 8.79. The summed E-state index contributed by atoms with van der Waals surface area (Å²) in [5.41, 5.74) is 2.76. The van der Waals surface area contributed by atoms with E-state index in [-0.39, 0.29) is 34.0 Å². The Hall–Kier alpha value is -3.73. The third kappa shape index (κ3) is 4.19. The van der Waals surface area contributed by atoms with Gasteiger partial charge in [-0.2, -0.15) is 0 Å². The first-order valence-electron chi connectivity index (χ1n) is 10.3. The second-order valence-corrected chi connectivity index (χ2v) is 8.79. The van der Waals surface area contributed by atoms with E-state index in [0.29, 0.717) is 16.7 Å². The van der Waals surface area contributed by atoms with E-state index in [4.69, 9.17) is 9.47 Å². The molecule has 4 nitrogen and oxygen atoms in total. The van der Waals surface area contributed by atoms with Crippen molar-refractivity contribution in [2.24, 2.45) is 0 Å². The maximum absolute atomic E-state index is 14.0. The van der Waals surface area contributed by atoms with Gasteiger partial charge in [-0.3, -0.25) is 4.79 Å². The molecule has 1 heterocycles. The third-order valence-corrected chi connectivity index (χ3v) is 5.33. The van der Waals surface area contributed by atoms with Crippen LogP contribution in [0.4, 0.5) is 4.39 Å². The zero-order valence-electron chi connectivity index (χ0n) is 18.4. The Morgan fingerprint density at radius 1 is 1.03 bits per heavy atom. The molecule has 0 atom stereocenters. The number of aryl methyl sites for hydroxylation is 1. The SMILES string of the molecule is Cc1cc(OC(=O)c2ccc(C(C)(C)C)cc2)cc2c1C(=O)/C(=C/c1ccccc1F)O2. The molecule has 32 heavy (non-hydrogen) atoms. The van der Waals surface area contributed by atoms with Gasteiger partial charge >= 0.3 is 5.97 Å². The van der Waals surface area contributed by atoms with Crippen LogP contribution in [0.2, 0.25) is 0 Å². The molecular weight excluding hydrogens is 407 g/mol. The van der Waals surface area contributed by atoms with Crippen molar-refractivity contribution in [2.45, 2.75) is 33.1 Å². The average Bonchev–Trinajstić information content (AvgIpc) is 3.04. The van der Waals surface area contributed by atoms with E-state index < -0.39 is 11.8 Å². The van der Waals surface area contributed by atoms with Crippen LogP contribution in [0.25, 0.3) is 6.08 Å². The maximum Gasteiger partial charge on any atom is 0.343 e. The molecule has 0 amide bonds. The van der Waals surface area contributed by atoms with Crippen LogP contribution >= 0.6 is 0 Å². The van der Waals surface area contributed by atoms with Gasteiger partial charge in [0.05, 0.1) is 11.1 Å². The monoisotopic (exact) mass is 430 g/mol. The highest BCUT2D eigenvalue weighted by Gasteiger charge is 2.30. The first kappa shape index (κ1) is 21.5. The van der Waals surface area contributed by atoms with Crippen LogP contribution in [0, 0.1) is 12.7 Å². The van der Waals surface area contributed by atoms with E-state index in [1.54, 1.807) is 43.3 Å². The largest absolute Gasteiger partial charge is 0.452 e. The van der Waals surface area contributed by atoms with Gasteiger partial charge in [-0.05, 0) is 53.8 Å². The second kappa shape index (κ2) is 8.08. The molecule has 0 radical (unpaired) electrons. The van der Waals surface area contributed by atoms with Crippen LogP contribution < -0.4 is 9.47 Å². The Morgan fingerprint density at radius 3 is 2.38 bits per heavy atom. The van der Waals surface area contributed by atoms with Crippen LogP contribution in [-0.4, -0.2) is 11.8 Å². The Morgan fingerprint density at radius 2 is 1.72 bits per heavy atom. The molecular formula is C27H23FO4. The minimum absolute atomic E-state index is 0.0166. The highest BCUT2D eigenvalue weighted by molar-refractivity contribution is 6.15. The predicted octanol–water partition coefficient (Wildman–Crippen LogP) is 6.27. The lowest BCUT2D eigenvalue weighted by Crippen LogP contribution is -2.13. The molecule has 0 N–H and O–H groups in total. The Kier molecular flexibility index (Phi) is 5.43. The third-order valence-electron chi connectivity index (χ3n) is 5.33. The van der Waals surface area contributed by atoms with Crippen LogP contribution in [0.1, 0.15) is 58.2 Å². The van der Waals surface area contributed by atoms with Crippen molar-refractivity contribution in [3.8, 4) is 11.5 Å². The number of ketones is 1. The van der Waals surface area contributed by atoms with Crippen LogP contribution in [0.3, 0.4) is 0 Å². The van der Waals surface area contributed by atoms with Crippen molar-refractivity contribution < 1.29 is 23.5 Å². The predicted molar refractivity (Wildman–Crippen MR) is 121 cm³/mol. The summed E-state index contributed by atoms with van der Waals surface area (Å²) in [5, 5.41) is 0. The smallest absolute Gasteiger partial charge is 0.343 e. The van der Waals surface area contributed by atoms with Gasteiger partial charge in [0.25, 0.3) is 0 Å². The number of carbonyl (C=O) groups excluding carboxylic acids is 2. The molecule has 0 bridgehead atoms. The Balaban J connectivity index is 1.57. The number of carbonyl (C=O) groups is 2. The zero-order chi connectivity index (χ0) is 23.0. The van der Waals surface area contributed by atoms with Gasteiger partial charge < -0.3 is 9.47 Å². The highest BCUT2D eigenvalue weighted by atomic mass is 19.1. The number of fused-ring (bicyclic) bond motifs is 1. The van der Waals surface area contributed by atoms with Gasteiger partial charge in [-0.25, -0.2) is 9.18 Å². The van der Waals surface area contributed by atoms with Gasteiger partial charge in [-0.15, -0.1) is 0 Å². The van der Waals surface area contributed by atoms with Crippen molar-refractivity contribution >= 4 is 17.8 Å². The molecule has 0 unspecified atom stereocenters. The fraction of sp³-hybridized carbons (Fsp3) is 0.185. The first-order chi connectivity index (χ1) is 15.1. The quantitative estimate of drug-likeness (QED) is 0.279. The number of ether oxygens (including phenoxy) is 2. The zero-order valence-corrected chi connectivity index (χ0v) is 18.4. The van der Waals surface area contributed by atoms with Crippen molar-refractivity contribution in [2.75, 3.05) is 0 Å². The number of hydrogen-bond acceptors (Lipinski definition) is 4. The first-order valence-corrected chi connectivity index (χ1v) is 10.3. The highest BCUT2D eigenvalue weighted by Crippen LogP contribution is 2.38. The van der Waals surface area contributed by atoms with E-state index in [0.717, 1.165) is 5.56 Å². The molecule has 0 saturated heterocycles. The number of allylic oxidation sites excluding steroid dienone is 1. The molecule has 3 aromatic carbocycles. The topological polar surface area (TPSA) is 52.6 Å². The molecule has 0 spiro atoms. The molecule has 0 aromatic heterocycles. The van der Waals surface area contributed by atoms with Crippen molar-refractivity contribution in [1.82, 2.24) is 0 Å². The van der Waals surface area contributed by atoms with Gasteiger partial charge in [-0.1, -0.05) is 51.1 Å². The summed E-state index contributed by atoms with van der Waals surface area (Å²) >= 11 is 0. The minimum atomic E-state index is -0.503. The number of halogens is 1. The fourth-order valence-corrected chi connectivity index (χ4v) is 3.54. The van der Waals surface area contributed by atoms with E-state index in [2.05, 4.69) is 20.8 Å². The number of Topliss-reactive ketones (excluding diaryl/α,β-unsaturated/α-hetero) is 1. The summed E-state index contributed by atoms with van der Waals surface area (Å²) in [5.74, 6) is -0.715. The summed E-state index contributed by atoms with van der Waals surface area (Å²) in [7, 11) is 0. The molecule has 4 rings (SSSR count). The normalized spacial score (nSPS) is 14.3. The summed E-state index contributed by atoms with van der Waals surface area (Å²) < 4.78 is 25.2. The summed E-state index contributed by atoms with van der Waals surface area (Å²) in [6, 6.07) is 16.5. The van der Waals surface area contributed by atoms with E-state index in [9.17, 15) is 14.0 Å². The molecule has 0 aliphatic carbocycles. The van der Waals surface area contributed by atoms with Crippen LogP contribution in [0.15, 0.2) is 66.4 Å². The number of hydrogen-bond donors (Lipinski definition) is 0. The van der Waals surface area contributed by atoms with Gasteiger partial charge in [0.2, 0.25) is 5.78 Å². The fourth-order valence-electron chi connectivity index (χ4n) is 3.54. The van der Waals surface area contributed by atoms with Gasteiger partial charge in [0, 0.05) is 11.6 Å². The molecule has 0 saturated carbocycles.